The molecule has 0 saturated carbocycles. The van der Waals surface area contributed by atoms with Gasteiger partial charge in [-0.05, 0) is 6.07 Å². The van der Waals surface area contributed by atoms with Gasteiger partial charge in [-0.1, -0.05) is 0 Å². The van der Waals surface area contributed by atoms with E-state index in [1.165, 1.54) is 17.7 Å². The number of anilines is 1. The Balaban J connectivity index is 1.77. The van der Waals surface area contributed by atoms with Gasteiger partial charge in [0.1, 0.15) is 11.5 Å². The van der Waals surface area contributed by atoms with Crippen LogP contribution in [0.2, 0.25) is 0 Å². The second-order valence-corrected chi connectivity index (χ2v) is 5.86. The van der Waals surface area contributed by atoms with Crippen LogP contribution in [0.25, 0.3) is 0 Å². The molecule has 128 valence electrons. The van der Waals surface area contributed by atoms with Gasteiger partial charge in [0.15, 0.2) is 0 Å². The second-order valence-electron chi connectivity index (χ2n) is 5.86. The summed E-state index contributed by atoms with van der Waals surface area (Å²) in [4.78, 5) is 40.1. The summed E-state index contributed by atoms with van der Waals surface area (Å²) in [5.41, 5.74) is -0.142. The van der Waals surface area contributed by atoms with Gasteiger partial charge < -0.3 is 9.80 Å². The lowest BCUT2D eigenvalue weighted by Gasteiger charge is -2.36. The van der Waals surface area contributed by atoms with Crippen molar-refractivity contribution in [3.63, 3.8) is 0 Å². The fourth-order valence-electron chi connectivity index (χ4n) is 2.91. The van der Waals surface area contributed by atoms with Gasteiger partial charge >= 0.3 is 5.69 Å². The number of aryl methyl sites for hydroxylation is 1. The number of carbonyl (C=O) groups is 1. The summed E-state index contributed by atoms with van der Waals surface area (Å²) in [5.74, 6) is 0.517. The minimum absolute atomic E-state index is 0.0625. The Morgan fingerprint density at radius 1 is 1.04 bits per heavy atom. The van der Waals surface area contributed by atoms with Crippen LogP contribution >= 0.6 is 0 Å². The van der Waals surface area contributed by atoms with Crippen LogP contribution in [-0.4, -0.2) is 55.9 Å². The van der Waals surface area contributed by atoms with Crippen molar-refractivity contribution in [3.05, 3.63) is 44.9 Å². The summed E-state index contributed by atoms with van der Waals surface area (Å²) in [6, 6.07) is 3.15. The minimum Gasteiger partial charge on any atom is -0.354 e. The van der Waals surface area contributed by atoms with Crippen LogP contribution in [0.3, 0.4) is 0 Å². The highest BCUT2D eigenvalue weighted by Gasteiger charge is 2.25. The van der Waals surface area contributed by atoms with Gasteiger partial charge in [0.25, 0.3) is 11.5 Å². The summed E-state index contributed by atoms with van der Waals surface area (Å²) in [5, 5.41) is 4.02. The molecule has 0 atom stereocenters. The van der Waals surface area contributed by atoms with Crippen molar-refractivity contribution >= 4 is 11.7 Å². The molecule has 3 heterocycles. The maximum Gasteiger partial charge on any atom is 0.332 e. The first-order valence-corrected chi connectivity index (χ1v) is 7.69. The van der Waals surface area contributed by atoms with Crippen LogP contribution in [-0.2, 0) is 21.1 Å². The van der Waals surface area contributed by atoms with Crippen molar-refractivity contribution in [2.45, 2.75) is 0 Å². The van der Waals surface area contributed by atoms with E-state index in [4.69, 9.17) is 0 Å². The van der Waals surface area contributed by atoms with Crippen LogP contribution in [0.5, 0.6) is 0 Å². The molecule has 3 rings (SSSR count). The molecule has 1 saturated heterocycles. The van der Waals surface area contributed by atoms with E-state index in [9.17, 15) is 14.4 Å². The molecule has 1 fully saturated rings. The monoisotopic (exact) mass is 332 g/mol. The quantitative estimate of drug-likeness (QED) is 0.688. The maximum absolute atomic E-state index is 12.5. The third-order valence-electron chi connectivity index (χ3n) is 4.43. The molecule has 0 unspecified atom stereocenters. The van der Waals surface area contributed by atoms with Crippen molar-refractivity contribution in [3.8, 4) is 0 Å². The SMILES string of the molecule is Cn1nccc1C(=O)N1CCN(c2cc(=O)n(C)c(=O)n2C)CC1. The van der Waals surface area contributed by atoms with E-state index < -0.39 is 0 Å². The van der Waals surface area contributed by atoms with E-state index in [0.29, 0.717) is 37.7 Å². The van der Waals surface area contributed by atoms with Crippen molar-refractivity contribution in [1.82, 2.24) is 23.8 Å². The molecule has 0 spiro atoms. The zero-order chi connectivity index (χ0) is 17.4. The van der Waals surface area contributed by atoms with Crippen molar-refractivity contribution in [2.75, 3.05) is 31.1 Å². The van der Waals surface area contributed by atoms with Crippen molar-refractivity contribution in [2.24, 2.45) is 21.1 Å². The van der Waals surface area contributed by atoms with Gasteiger partial charge in [-0.3, -0.25) is 23.4 Å². The Hall–Kier alpha value is -2.84. The maximum atomic E-state index is 12.5. The zero-order valence-corrected chi connectivity index (χ0v) is 14.0. The molecule has 2 aromatic heterocycles. The Labute approximate surface area is 138 Å². The van der Waals surface area contributed by atoms with E-state index in [-0.39, 0.29) is 17.2 Å². The Kier molecular flexibility index (Phi) is 4.00. The van der Waals surface area contributed by atoms with Gasteiger partial charge in [-0.2, -0.15) is 5.10 Å². The molecule has 0 aliphatic carbocycles. The number of hydrogen-bond donors (Lipinski definition) is 0. The number of hydrogen-bond acceptors (Lipinski definition) is 5. The fraction of sp³-hybridized carbons (Fsp3) is 0.467. The number of aromatic nitrogens is 4. The zero-order valence-electron chi connectivity index (χ0n) is 14.0. The van der Waals surface area contributed by atoms with Gasteiger partial charge in [0.05, 0.1) is 0 Å². The number of carbonyl (C=O) groups excluding carboxylic acids is 1. The molecule has 1 aliphatic heterocycles. The largest absolute Gasteiger partial charge is 0.354 e. The molecule has 0 bridgehead atoms. The summed E-state index contributed by atoms with van der Waals surface area (Å²) in [6.07, 6.45) is 1.60. The van der Waals surface area contributed by atoms with E-state index in [1.807, 2.05) is 4.90 Å². The second kappa shape index (κ2) is 5.99. The minimum atomic E-state index is -0.356. The molecule has 2 aromatic rings. The van der Waals surface area contributed by atoms with Gasteiger partial charge in [-0.15, -0.1) is 0 Å². The summed E-state index contributed by atoms with van der Waals surface area (Å²) >= 11 is 0. The highest BCUT2D eigenvalue weighted by Crippen LogP contribution is 2.14. The summed E-state index contributed by atoms with van der Waals surface area (Å²) in [7, 11) is 4.84. The number of amides is 1. The summed E-state index contributed by atoms with van der Waals surface area (Å²) < 4.78 is 4.09. The van der Waals surface area contributed by atoms with E-state index >= 15 is 0 Å². The number of rotatable bonds is 2. The average molecular weight is 332 g/mol. The first-order valence-electron chi connectivity index (χ1n) is 7.69. The lowest BCUT2D eigenvalue weighted by molar-refractivity contribution is 0.0735. The Morgan fingerprint density at radius 3 is 2.29 bits per heavy atom. The molecule has 1 aliphatic rings. The smallest absolute Gasteiger partial charge is 0.332 e. The predicted octanol–water partition coefficient (Wildman–Crippen LogP) is -1.22. The molecule has 1 amide bonds. The Bertz CT molecular complexity index is 885. The molecular weight excluding hydrogens is 312 g/mol. The molecule has 0 radical (unpaired) electrons. The van der Waals surface area contributed by atoms with E-state index in [0.717, 1.165) is 4.57 Å². The van der Waals surface area contributed by atoms with Crippen LogP contribution < -0.4 is 16.1 Å². The van der Waals surface area contributed by atoms with Crippen molar-refractivity contribution in [1.29, 1.82) is 0 Å². The van der Waals surface area contributed by atoms with Gasteiger partial charge in [-0.25, -0.2) is 4.79 Å². The third kappa shape index (κ3) is 2.61. The van der Waals surface area contributed by atoms with Crippen LogP contribution in [0.15, 0.2) is 27.9 Å². The highest BCUT2D eigenvalue weighted by molar-refractivity contribution is 5.92. The first-order chi connectivity index (χ1) is 11.4. The molecule has 24 heavy (non-hydrogen) atoms. The normalized spacial score (nSPS) is 15.0. The predicted molar refractivity (Wildman–Crippen MR) is 88.2 cm³/mol. The number of nitrogens with zero attached hydrogens (tertiary/aromatic N) is 6. The molecule has 9 nitrogen and oxygen atoms in total. The van der Waals surface area contributed by atoms with E-state index in [2.05, 4.69) is 5.10 Å². The average Bonchev–Trinajstić information content (AvgIpc) is 3.02. The van der Waals surface area contributed by atoms with Crippen LogP contribution in [0, 0.1) is 0 Å². The molecule has 0 aromatic carbocycles. The lowest BCUT2D eigenvalue weighted by Crippen LogP contribution is -2.51. The van der Waals surface area contributed by atoms with Crippen molar-refractivity contribution < 1.29 is 4.79 Å². The third-order valence-corrected chi connectivity index (χ3v) is 4.43. The van der Waals surface area contributed by atoms with Crippen LogP contribution in [0.1, 0.15) is 10.5 Å². The fourth-order valence-corrected chi connectivity index (χ4v) is 2.91. The topological polar surface area (TPSA) is 85.4 Å². The number of piperazine rings is 1. The van der Waals surface area contributed by atoms with Crippen LogP contribution in [0.4, 0.5) is 5.82 Å². The van der Waals surface area contributed by atoms with Gasteiger partial charge in [0.2, 0.25) is 0 Å². The van der Waals surface area contributed by atoms with E-state index in [1.54, 1.807) is 35.9 Å². The molecular formula is C15H20N6O3. The first kappa shape index (κ1) is 16.0. The van der Waals surface area contributed by atoms with Gasteiger partial charge in [0, 0.05) is 59.6 Å². The molecule has 0 N–H and O–H groups in total. The Morgan fingerprint density at radius 2 is 1.71 bits per heavy atom. The molecule has 9 heteroatoms. The lowest BCUT2D eigenvalue weighted by atomic mass is 10.2. The highest BCUT2D eigenvalue weighted by atomic mass is 16.2. The summed E-state index contributed by atoms with van der Waals surface area (Å²) in [6.45, 7) is 2.16. The standard InChI is InChI=1S/C15H20N6O3/c1-17-12(10-13(22)18(2)15(17)24)20-6-8-21(9-7-20)14(23)11-4-5-16-19(11)3/h4-5,10H,6-9H2,1-3H3.